The van der Waals surface area contributed by atoms with Crippen molar-refractivity contribution in [1.29, 1.82) is 0 Å². The van der Waals surface area contributed by atoms with E-state index in [9.17, 15) is 0 Å². The molecule has 4 nitrogen and oxygen atoms in total. The van der Waals surface area contributed by atoms with Crippen LogP contribution in [0, 0.1) is 0 Å². The van der Waals surface area contributed by atoms with Crippen molar-refractivity contribution in [1.82, 2.24) is 5.48 Å². The van der Waals surface area contributed by atoms with Gasteiger partial charge in [0.1, 0.15) is 13.2 Å². The Kier molecular flexibility index (Phi) is 3.08. The summed E-state index contributed by atoms with van der Waals surface area (Å²) in [6.07, 6.45) is 0.865. The average molecular weight is 209 g/mol. The lowest BCUT2D eigenvalue weighted by atomic mass is 10.0. The Morgan fingerprint density at radius 3 is 2.87 bits per heavy atom. The Morgan fingerprint density at radius 1 is 1.33 bits per heavy atom. The zero-order valence-electron chi connectivity index (χ0n) is 8.75. The van der Waals surface area contributed by atoms with E-state index in [2.05, 4.69) is 12.4 Å². The Bertz CT molecular complexity index is 352. The standard InChI is InChI=1S/C11H15NO3/c1-2-9-8(7-12-13)3-4-10-11(9)15-6-5-14-10/h3-4,12-13H,2,5-7H2,1H3. The molecule has 15 heavy (non-hydrogen) atoms. The minimum Gasteiger partial charge on any atom is -0.486 e. The SMILES string of the molecule is CCc1c(CNO)ccc2c1OCCO2. The molecule has 2 N–H and O–H groups in total. The smallest absolute Gasteiger partial charge is 0.164 e. The molecule has 0 aromatic heterocycles. The van der Waals surface area contributed by atoms with Crippen LogP contribution in [0.2, 0.25) is 0 Å². The van der Waals surface area contributed by atoms with Gasteiger partial charge in [0.15, 0.2) is 11.5 Å². The van der Waals surface area contributed by atoms with Crippen molar-refractivity contribution in [3.8, 4) is 11.5 Å². The lowest BCUT2D eigenvalue weighted by Gasteiger charge is -2.22. The lowest BCUT2D eigenvalue weighted by Crippen LogP contribution is -2.18. The van der Waals surface area contributed by atoms with E-state index in [1.165, 1.54) is 0 Å². The molecule has 0 unspecified atom stereocenters. The fourth-order valence-corrected chi connectivity index (χ4v) is 1.85. The molecule has 0 saturated heterocycles. The van der Waals surface area contributed by atoms with Crippen molar-refractivity contribution in [3.05, 3.63) is 23.3 Å². The zero-order chi connectivity index (χ0) is 10.7. The third kappa shape index (κ3) is 1.91. The van der Waals surface area contributed by atoms with Crippen LogP contribution in [0.4, 0.5) is 0 Å². The Morgan fingerprint density at radius 2 is 2.13 bits per heavy atom. The summed E-state index contributed by atoms with van der Waals surface area (Å²) in [7, 11) is 0. The second kappa shape index (κ2) is 4.51. The number of hydrogen-bond donors (Lipinski definition) is 2. The molecule has 2 rings (SSSR count). The predicted octanol–water partition coefficient (Wildman–Crippen LogP) is 1.50. The summed E-state index contributed by atoms with van der Waals surface area (Å²) >= 11 is 0. The minimum absolute atomic E-state index is 0.430. The van der Waals surface area contributed by atoms with Crippen molar-refractivity contribution in [2.45, 2.75) is 19.9 Å². The first kappa shape index (κ1) is 10.3. The molecule has 1 aliphatic rings. The zero-order valence-corrected chi connectivity index (χ0v) is 8.75. The summed E-state index contributed by atoms with van der Waals surface area (Å²) in [6, 6.07) is 3.84. The summed E-state index contributed by atoms with van der Waals surface area (Å²) in [6.45, 7) is 3.69. The molecule has 0 radical (unpaired) electrons. The van der Waals surface area contributed by atoms with Gasteiger partial charge in [-0.25, -0.2) is 5.48 Å². The molecule has 0 saturated carbocycles. The van der Waals surface area contributed by atoms with Crippen molar-refractivity contribution >= 4 is 0 Å². The van der Waals surface area contributed by atoms with Gasteiger partial charge in [-0.3, -0.25) is 0 Å². The van der Waals surface area contributed by atoms with Crippen molar-refractivity contribution in [3.63, 3.8) is 0 Å². The van der Waals surface area contributed by atoms with Gasteiger partial charge in [-0.1, -0.05) is 13.0 Å². The second-order valence-electron chi connectivity index (χ2n) is 3.42. The van der Waals surface area contributed by atoms with E-state index in [-0.39, 0.29) is 0 Å². The Balaban J connectivity index is 2.42. The van der Waals surface area contributed by atoms with Crippen LogP contribution in [0.1, 0.15) is 18.1 Å². The first-order chi connectivity index (χ1) is 7.36. The molecule has 1 heterocycles. The lowest BCUT2D eigenvalue weighted by molar-refractivity contribution is 0.158. The molecule has 0 spiro atoms. The fraction of sp³-hybridized carbons (Fsp3) is 0.455. The summed E-state index contributed by atoms with van der Waals surface area (Å²) in [4.78, 5) is 0. The van der Waals surface area contributed by atoms with E-state index in [4.69, 9.17) is 14.7 Å². The highest BCUT2D eigenvalue weighted by atomic mass is 16.6. The Labute approximate surface area is 88.8 Å². The molecule has 0 fully saturated rings. The third-order valence-corrected chi connectivity index (χ3v) is 2.53. The van der Waals surface area contributed by atoms with Crippen LogP contribution in [0.15, 0.2) is 12.1 Å². The Hall–Kier alpha value is -1.26. The number of rotatable bonds is 3. The minimum atomic E-state index is 0.430. The maximum Gasteiger partial charge on any atom is 0.164 e. The van der Waals surface area contributed by atoms with Crippen molar-refractivity contribution in [2.75, 3.05) is 13.2 Å². The van der Waals surface area contributed by atoms with E-state index >= 15 is 0 Å². The van der Waals surface area contributed by atoms with Crippen LogP contribution >= 0.6 is 0 Å². The highest BCUT2D eigenvalue weighted by Gasteiger charge is 2.17. The normalized spacial score (nSPS) is 14.0. The van der Waals surface area contributed by atoms with Gasteiger partial charge >= 0.3 is 0 Å². The molecule has 0 amide bonds. The van der Waals surface area contributed by atoms with Crippen LogP contribution in [0.25, 0.3) is 0 Å². The van der Waals surface area contributed by atoms with Gasteiger partial charge in [-0.2, -0.15) is 0 Å². The molecular formula is C11H15NO3. The summed E-state index contributed by atoms with van der Waals surface area (Å²) in [5.41, 5.74) is 4.32. The number of fused-ring (bicyclic) bond motifs is 1. The number of ether oxygens (including phenoxy) is 2. The monoisotopic (exact) mass is 209 g/mol. The molecule has 1 aromatic carbocycles. The van der Waals surface area contributed by atoms with Crippen molar-refractivity contribution < 1.29 is 14.7 Å². The van der Waals surface area contributed by atoms with Crippen LogP contribution < -0.4 is 15.0 Å². The maximum absolute atomic E-state index is 8.72. The molecule has 1 aliphatic heterocycles. The topological polar surface area (TPSA) is 50.7 Å². The summed E-state index contributed by atoms with van der Waals surface area (Å²) in [5, 5.41) is 8.72. The van der Waals surface area contributed by atoms with Gasteiger partial charge in [-0.05, 0) is 18.1 Å². The van der Waals surface area contributed by atoms with E-state index in [0.29, 0.717) is 19.8 Å². The van der Waals surface area contributed by atoms with Crippen LogP contribution in [0.3, 0.4) is 0 Å². The molecular weight excluding hydrogens is 194 g/mol. The quantitative estimate of drug-likeness (QED) is 0.741. The molecule has 0 aliphatic carbocycles. The van der Waals surface area contributed by atoms with E-state index in [1.54, 1.807) is 0 Å². The molecule has 1 aromatic rings. The van der Waals surface area contributed by atoms with Crippen LogP contribution in [-0.4, -0.2) is 18.4 Å². The largest absolute Gasteiger partial charge is 0.486 e. The average Bonchev–Trinajstić information content (AvgIpc) is 2.29. The van der Waals surface area contributed by atoms with E-state index in [1.807, 2.05) is 12.1 Å². The maximum atomic E-state index is 8.72. The predicted molar refractivity (Wildman–Crippen MR) is 55.4 cm³/mol. The number of hydrogen-bond acceptors (Lipinski definition) is 4. The highest BCUT2D eigenvalue weighted by Crippen LogP contribution is 2.36. The van der Waals surface area contributed by atoms with Crippen LogP contribution in [-0.2, 0) is 13.0 Å². The van der Waals surface area contributed by atoms with Gasteiger partial charge in [0.25, 0.3) is 0 Å². The molecule has 4 heteroatoms. The van der Waals surface area contributed by atoms with Gasteiger partial charge in [0, 0.05) is 12.1 Å². The summed E-state index contributed by atoms with van der Waals surface area (Å²) in [5.74, 6) is 1.64. The van der Waals surface area contributed by atoms with E-state index < -0.39 is 0 Å². The third-order valence-electron chi connectivity index (χ3n) is 2.53. The number of hydroxylamine groups is 1. The van der Waals surface area contributed by atoms with Crippen molar-refractivity contribution in [2.24, 2.45) is 0 Å². The molecule has 0 atom stereocenters. The molecule has 82 valence electrons. The van der Waals surface area contributed by atoms with Crippen LogP contribution in [0.5, 0.6) is 11.5 Å². The summed E-state index contributed by atoms with van der Waals surface area (Å²) < 4.78 is 11.1. The molecule has 0 bridgehead atoms. The highest BCUT2D eigenvalue weighted by molar-refractivity contribution is 5.51. The van der Waals surface area contributed by atoms with Gasteiger partial charge in [-0.15, -0.1) is 0 Å². The first-order valence-corrected chi connectivity index (χ1v) is 5.14. The fourth-order valence-electron chi connectivity index (χ4n) is 1.85. The number of nitrogens with one attached hydrogen (secondary N) is 1. The van der Waals surface area contributed by atoms with Gasteiger partial charge in [0.2, 0.25) is 0 Å². The van der Waals surface area contributed by atoms with E-state index in [0.717, 1.165) is 29.0 Å². The van der Waals surface area contributed by atoms with Gasteiger partial charge < -0.3 is 14.7 Å². The first-order valence-electron chi connectivity index (χ1n) is 5.14. The number of benzene rings is 1. The van der Waals surface area contributed by atoms with Gasteiger partial charge in [0.05, 0.1) is 0 Å². The second-order valence-corrected chi connectivity index (χ2v) is 3.42.